The predicted molar refractivity (Wildman–Crippen MR) is 143 cm³/mol. The summed E-state index contributed by atoms with van der Waals surface area (Å²) in [6, 6.07) is 5.22. The number of rotatable bonds is 7. The van der Waals surface area contributed by atoms with Crippen LogP contribution in [0.15, 0.2) is 102 Å². The maximum atomic E-state index is 13.1. The number of halogens is 3. The number of hydrogen-bond donors (Lipinski definition) is 1. The zero-order chi connectivity index (χ0) is 27.2. The molecule has 1 aliphatic rings. The van der Waals surface area contributed by atoms with Gasteiger partial charge in [0.05, 0.1) is 23.6 Å². The van der Waals surface area contributed by atoms with E-state index < -0.39 is 17.6 Å². The normalized spacial score (nSPS) is 19.2. The number of anilines is 1. The first-order chi connectivity index (χ1) is 17.4. The number of nitrogens with zero attached hydrogens (tertiary/aromatic N) is 2. The van der Waals surface area contributed by atoms with Crippen molar-refractivity contribution in [3.8, 4) is 0 Å². The summed E-state index contributed by atoms with van der Waals surface area (Å²) in [5.41, 5.74) is 3.24. The lowest BCUT2D eigenvalue weighted by molar-refractivity contribution is -0.136. The van der Waals surface area contributed by atoms with Gasteiger partial charge in [0.15, 0.2) is 0 Å². The van der Waals surface area contributed by atoms with Crippen molar-refractivity contribution in [2.24, 2.45) is 5.41 Å². The quantitative estimate of drug-likeness (QED) is 0.302. The van der Waals surface area contributed by atoms with Crippen molar-refractivity contribution in [3.05, 3.63) is 107 Å². The Morgan fingerprint density at radius 1 is 1.16 bits per heavy atom. The summed E-state index contributed by atoms with van der Waals surface area (Å²) >= 11 is 0. The first-order valence-corrected chi connectivity index (χ1v) is 12.3. The van der Waals surface area contributed by atoms with Gasteiger partial charge in [-0.15, -0.1) is 0 Å². The van der Waals surface area contributed by atoms with Gasteiger partial charge < -0.3 is 9.88 Å². The Kier molecular flexibility index (Phi) is 8.79. The first kappa shape index (κ1) is 28.0. The van der Waals surface area contributed by atoms with Crippen LogP contribution >= 0.6 is 0 Å². The summed E-state index contributed by atoms with van der Waals surface area (Å²) in [6.45, 7) is 10.5. The van der Waals surface area contributed by atoms with Crippen LogP contribution in [0.2, 0.25) is 0 Å². The van der Waals surface area contributed by atoms with Crippen molar-refractivity contribution in [2.75, 3.05) is 5.32 Å². The number of allylic oxidation sites excluding steroid dienone is 9. The minimum atomic E-state index is -4.54. The van der Waals surface area contributed by atoms with Crippen LogP contribution in [0.3, 0.4) is 0 Å². The highest BCUT2D eigenvalue weighted by Gasteiger charge is 2.34. The fourth-order valence-corrected chi connectivity index (χ4v) is 4.63. The van der Waals surface area contributed by atoms with Crippen molar-refractivity contribution < 1.29 is 18.0 Å². The molecule has 1 N–H and O–H groups in total. The molecule has 1 unspecified atom stereocenters. The molecule has 0 saturated heterocycles. The maximum Gasteiger partial charge on any atom is 0.418 e. The van der Waals surface area contributed by atoms with E-state index in [1.807, 2.05) is 37.8 Å². The highest BCUT2D eigenvalue weighted by atomic mass is 19.4. The summed E-state index contributed by atoms with van der Waals surface area (Å²) in [7, 11) is 0. The maximum absolute atomic E-state index is 13.1. The second-order valence-electron chi connectivity index (χ2n) is 10.1. The Morgan fingerprint density at radius 2 is 1.89 bits per heavy atom. The Bertz CT molecular complexity index is 1260. The summed E-state index contributed by atoms with van der Waals surface area (Å²) in [5.74, 6) is -0.617. The largest absolute Gasteiger partial charge is 0.418 e. The number of para-hydroxylation sites is 1. The van der Waals surface area contributed by atoms with E-state index in [0.29, 0.717) is 11.6 Å². The molecule has 0 fully saturated rings. The van der Waals surface area contributed by atoms with Crippen molar-refractivity contribution >= 4 is 11.6 Å². The lowest BCUT2D eigenvalue weighted by Crippen LogP contribution is -2.25. The molecule has 0 radical (unpaired) electrons. The second-order valence-corrected chi connectivity index (χ2v) is 10.1. The number of carbonyl (C=O) groups is 1. The van der Waals surface area contributed by atoms with Crippen LogP contribution in [-0.2, 0) is 11.0 Å². The van der Waals surface area contributed by atoms with Gasteiger partial charge in [-0.25, -0.2) is 4.98 Å². The zero-order valence-electron chi connectivity index (χ0n) is 21.9. The van der Waals surface area contributed by atoms with Gasteiger partial charge in [-0.2, -0.15) is 13.2 Å². The number of imidazole rings is 1. The Morgan fingerprint density at radius 3 is 2.57 bits per heavy atom. The van der Waals surface area contributed by atoms with Crippen LogP contribution in [0.4, 0.5) is 18.9 Å². The molecule has 1 amide bonds. The summed E-state index contributed by atoms with van der Waals surface area (Å²) in [5, 5.41) is 2.32. The highest BCUT2D eigenvalue weighted by Crippen LogP contribution is 2.45. The number of amides is 1. The lowest BCUT2D eigenvalue weighted by Gasteiger charge is -2.37. The Balaban J connectivity index is 1.68. The van der Waals surface area contributed by atoms with Crippen molar-refractivity contribution in [3.63, 3.8) is 0 Å². The van der Waals surface area contributed by atoms with Gasteiger partial charge in [0.25, 0.3) is 0 Å². The van der Waals surface area contributed by atoms with Gasteiger partial charge in [-0.3, -0.25) is 4.79 Å². The molecule has 7 heteroatoms. The number of hydrogen-bond acceptors (Lipinski definition) is 2. The molecule has 0 spiro atoms. The van der Waals surface area contributed by atoms with E-state index in [2.05, 4.69) is 47.8 Å². The summed E-state index contributed by atoms with van der Waals surface area (Å²) in [4.78, 5) is 16.5. The van der Waals surface area contributed by atoms with Crippen LogP contribution in [0.25, 0.3) is 0 Å². The van der Waals surface area contributed by atoms with Gasteiger partial charge in [0.2, 0.25) is 5.91 Å². The van der Waals surface area contributed by atoms with E-state index in [-0.39, 0.29) is 11.1 Å². The molecule has 1 heterocycles. The molecular weight excluding hydrogens is 475 g/mol. The second kappa shape index (κ2) is 11.6. The van der Waals surface area contributed by atoms with E-state index in [1.165, 1.54) is 35.4 Å². The van der Waals surface area contributed by atoms with E-state index in [0.717, 1.165) is 24.5 Å². The Hall–Kier alpha value is -3.61. The highest BCUT2D eigenvalue weighted by molar-refractivity contribution is 6.00. The molecular formula is C30H34F3N3O. The molecule has 196 valence electrons. The summed E-state index contributed by atoms with van der Waals surface area (Å²) in [6.07, 6.45) is 14.4. The van der Waals surface area contributed by atoms with Gasteiger partial charge in [0, 0.05) is 18.5 Å². The molecule has 37 heavy (non-hydrogen) atoms. The molecule has 4 nitrogen and oxygen atoms in total. The van der Waals surface area contributed by atoms with Crippen molar-refractivity contribution in [1.29, 1.82) is 0 Å². The monoisotopic (exact) mass is 509 g/mol. The molecule has 1 aromatic carbocycles. The summed E-state index contributed by atoms with van der Waals surface area (Å²) < 4.78 is 41.6. The van der Waals surface area contributed by atoms with Crippen LogP contribution in [0.5, 0.6) is 0 Å². The number of alkyl halides is 3. The molecule has 2 aromatic rings. The Labute approximate surface area is 217 Å². The first-order valence-electron chi connectivity index (χ1n) is 12.3. The fraction of sp³-hybridized carbons (Fsp3) is 0.333. The number of benzene rings is 1. The van der Waals surface area contributed by atoms with E-state index in [1.54, 1.807) is 13.0 Å². The minimum Gasteiger partial charge on any atom is -0.330 e. The lowest BCUT2D eigenvalue weighted by atomic mass is 9.71. The molecule has 0 saturated carbocycles. The van der Waals surface area contributed by atoms with Crippen LogP contribution < -0.4 is 5.32 Å². The van der Waals surface area contributed by atoms with Crippen LogP contribution in [0, 0.1) is 5.41 Å². The van der Waals surface area contributed by atoms with E-state index in [4.69, 9.17) is 0 Å². The smallest absolute Gasteiger partial charge is 0.330 e. The zero-order valence-corrected chi connectivity index (χ0v) is 21.9. The molecule has 0 aliphatic heterocycles. The van der Waals surface area contributed by atoms with E-state index in [9.17, 15) is 18.0 Å². The van der Waals surface area contributed by atoms with Crippen LogP contribution in [-0.4, -0.2) is 15.5 Å². The SMILES string of the molecule is CC(C=CC1=C(C)C(n2ccnc2)CCC1(C)C)=CC=CC(C)=CC(=O)Nc1ccccc1C(F)(F)F. The van der Waals surface area contributed by atoms with Gasteiger partial charge in [-0.05, 0) is 67.9 Å². The molecule has 1 aliphatic carbocycles. The third kappa shape index (κ3) is 7.44. The minimum absolute atomic E-state index is 0.0746. The number of nitrogens with one attached hydrogen (secondary N) is 1. The average molecular weight is 510 g/mol. The van der Waals surface area contributed by atoms with Crippen molar-refractivity contribution in [2.45, 2.75) is 59.7 Å². The number of aromatic nitrogens is 2. The molecule has 1 atom stereocenters. The number of carbonyl (C=O) groups excluding carboxylic acids is 1. The molecule has 3 rings (SSSR count). The fourth-order valence-electron chi connectivity index (χ4n) is 4.63. The van der Waals surface area contributed by atoms with Gasteiger partial charge >= 0.3 is 6.18 Å². The van der Waals surface area contributed by atoms with E-state index >= 15 is 0 Å². The van der Waals surface area contributed by atoms with Crippen molar-refractivity contribution in [1.82, 2.24) is 9.55 Å². The standard InChI is InChI=1S/C30H34F3N3O/c1-21(13-14-24-23(3)27(15-16-29(24,4)5)36-18-17-34-20-36)9-8-10-22(2)19-28(37)35-26-12-7-6-11-25(26)30(31,32)33/h6-14,17-20,27H,15-16H2,1-5H3,(H,35,37). The molecule has 0 bridgehead atoms. The topological polar surface area (TPSA) is 46.9 Å². The van der Waals surface area contributed by atoms with Gasteiger partial charge in [-0.1, -0.05) is 61.9 Å². The van der Waals surface area contributed by atoms with Gasteiger partial charge in [0.1, 0.15) is 0 Å². The average Bonchev–Trinajstić information content (AvgIpc) is 3.32. The predicted octanol–water partition coefficient (Wildman–Crippen LogP) is 8.22. The van der Waals surface area contributed by atoms with Crippen LogP contribution in [0.1, 0.15) is 59.1 Å². The third-order valence-electron chi connectivity index (χ3n) is 6.66. The third-order valence-corrected chi connectivity index (χ3v) is 6.66. The molecule has 1 aromatic heterocycles.